The van der Waals surface area contributed by atoms with Gasteiger partial charge in [-0.05, 0) is 43.0 Å². The highest BCUT2D eigenvalue weighted by Crippen LogP contribution is 2.29. The van der Waals surface area contributed by atoms with Crippen LogP contribution in [0.15, 0.2) is 40.8 Å². The molecule has 1 heterocycles. The molecule has 6 heteroatoms. The van der Waals surface area contributed by atoms with E-state index in [0.717, 1.165) is 5.56 Å². The first-order valence-electron chi connectivity index (χ1n) is 8.02. The van der Waals surface area contributed by atoms with Crippen LogP contribution in [0, 0.1) is 5.92 Å². The fourth-order valence-electron chi connectivity index (χ4n) is 2.28. The highest BCUT2D eigenvalue weighted by atomic mass is 35.5. The van der Waals surface area contributed by atoms with E-state index in [1.807, 2.05) is 18.2 Å². The second-order valence-corrected chi connectivity index (χ2v) is 6.40. The van der Waals surface area contributed by atoms with E-state index in [9.17, 15) is 9.90 Å². The zero-order chi connectivity index (χ0) is 16.9. The van der Waals surface area contributed by atoms with Crippen LogP contribution in [-0.2, 0) is 4.74 Å². The molecule has 1 atom stereocenters. The van der Waals surface area contributed by atoms with E-state index >= 15 is 0 Å². The number of nitrogens with one attached hydrogen (secondary N) is 1. The molecule has 128 valence electrons. The Kier molecular flexibility index (Phi) is 5.56. The molecule has 1 saturated carbocycles. The molecule has 0 bridgehead atoms. The molecule has 0 aliphatic heterocycles. The molecular formula is C18H20ClNO4. The first kappa shape index (κ1) is 17.0. The Bertz CT molecular complexity index is 696. The molecular weight excluding hydrogens is 330 g/mol. The summed E-state index contributed by atoms with van der Waals surface area (Å²) in [4.78, 5) is 12.1. The van der Waals surface area contributed by atoms with Crippen molar-refractivity contribution in [2.75, 3.05) is 19.8 Å². The summed E-state index contributed by atoms with van der Waals surface area (Å²) < 4.78 is 10.9. The van der Waals surface area contributed by atoms with Gasteiger partial charge in [-0.15, -0.1) is 0 Å². The molecule has 1 aliphatic rings. The number of carbonyl (C=O) groups is 1. The van der Waals surface area contributed by atoms with Gasteiger partial charge in [0, 0.05) is 18.7 Å². The third-order valence-electron chi connectivity index (χ3n) is 3.83. The van der Waals surface area contributed by atoms with Gasteiger partial charge in [-0.3, -0.25) is 4.79 Å². The molecule has 24 heavy (non-hydrogen) atoms. The number of hydrogen-bond acceptors (Lipinski definition) is 4. The van der Waals surface area contributed by atoms with Crippen molar-refractivity contribution in [3.05, 3.63) is 47.2 Å². The smallest absolute Gasteiger partial charge is 0.287 e. The highest BCUT2D eigenvalue weighted by molar-refractivity contribution is 6.33. The van der Waals surface area contributed by atoms with Gasteiger partial charge in [0.15, 0.2) is 5.76 Å². The lowest BCUT2D eigenvalue weighted by molar-refractivity contribution is 0.0318. The van der Waals surface area contributed by atoms with Gasteiger partial charge in [0.05, 0.1) is 17.7 Å². The largest absolute Gasteiger partial charge is 0.451 e. The van der Waals surface area contributed by atoms with E-state index in [4.69, 9.17) is 20.8 Å². The highest BCUT2D eigenvalue weighted by Gasteiger charge is 2.21. The van der Waals surface area contributed by atoms with E-state index in [-0.39, 0.29) is 24.8 Å². The third-order valence-corrected chi connectivity index (χ3v) is 4.16. The maximum absolute atomic E-state index is 12.1. The monoisotopic (exact) mass is 349 g/mol. The second-order valence-electron chi connectivity index (χ2n) is 5.99. The van der Waals surface area contributed by atoms with Crippen LogP contribution in [0.1, 0.15) is 23.4 Å². The van der Waals surface area contributed by atoms with Gasteiger partial charge in [0.25, 0.3) is 5.91 Å². The Hall–Kier alpha value is -1.82. The summed E-state index contributed by atoms with van der Waals surface area (Å²) in [6.45, 7) is 1.02. The standard InChI is InChI=1S/C18H20ClNO4/c19-15-4-2-1-3-14(15)16-7-8-17(24-16)18(22)20-9-13(21)11-23-10-12-5-6-12/h1-4,7-8,12-13,21H,5-6,9-11H2,(H,20,22). The molecule has 1 aliphatic carbocycles. The van der Waals surface area contributed by atoms with E-state index in [0.29, 0.717) is 23.3 Å². The van der Waals surface area contributed by atoms with Crippen molar-refractivity contribution in [2.45, 2.75) is 18.9 Å². The lowest BCUT2D eigenvalue weighted by atomic mass is 10.2. The fraction of sp³-hybridized carbons (Fsp3) is 0.389. The van der Waals surface area contributed by atoms with Crippen molar-refractivity contribution in [3.8, 4) is 11.3 Å². The van der Waals surface area contributed by atoms with Crippen LogP contribution in [0.4, 0.5) is 0 Å². The summed E-state index contributed by atoms with van der Waals surface area (Å²) in [5, 5.41) is 13.0. The van der Waals surface area contributed by atoms with Crippen LogP contribution in [-0.4, -0.2) is 36.9 Å². The second kappa shape index (κ2) is 7.83. The fourth-order valence-corrected chi connectivity index (χ4v) is 2.51. The lowest BCUT2D eigenvalue weighted by Crippen LogP contribution is -2.34. The van der Waals surface area contributed by atoms with Crippen molar-refractivity contribution < 1.29 is 19.1 Å². The predicted molar refractivity (Wildman–Crippen MR) is 91.0 cm³/mol. The quantitative estimate of drug-likeness (QED) is 0.768. The molecule has 0 saturated heterocycles. The van der Waals surface area contributed by atoms with Crippen LogP contribution in [0.2, 0.25) is 5.02 Å². The SMILES string of the molecule is O=C(NCC(O)COCC1CC1)c1ccc(-c2ccccc2Cl)o1. The Labute approximate surface area is 145 Å². The molecule has 3 rings (SSSR count). The van der Waals surface area contributed by atoms with Crippen LogP contribution < -0.4 is 5.32 Å². The normalized spacial score (nSPS) is 15.2. The number of hydrogen-bond donors (Lipinski definition) is 2. The molecule has 1 unspecified atom stereocenters. The average molecular weight is 350 g/mol. The number of aliphatic hydroxyl groups excluding tert-OH is 1. The molecule has 1 aromatic heterocycles. The Morgan fingerprint density at radius 3 is 2.88 bits per heavy atom. The summed E-state index contributed by atoms with van der Waals surface area (Å²) in [6, 6.07) is 10.5. The van der Waals surface area contributed by atoms with Crippen molar-refractivity contribution in [2.24, 2.45) is 5.92 Å². The minimum absolute atomic E-state index is 0.117. The van der Waals surface area contributed by atoms with Gasteiger partial charge in [-0.2, -0.15) is 0 Å². The minimum Gasteiger partial charge on any atom is -0.451 e. The number of benzene rings is 1. The van der Waals surface area contributed by atoms with Gasteiger partial charge in [0.2, 0.25) is 0 Å². The van der Waals surface area contributed by atoms with Gasteiger partial charge < -0.3 is 19.6 Å². The number of furan rings is 1. The third kappa shape index (κ3) is 4.60. The zero-order valence-corrected chi connectivity index (χ0v) is 14.0. The molecule has 2 N–H and O–H groups in total. The molecule has 2 aromatic rings. The van der Waals surface area contributed by atoms with E-state index in [2.05, 4.69) is 5.32 Å². The number of halogens is 1. The Morgan fingerprint density at radius 1 is 1.33 bits per heavy atom. The lowest BCUT2D eigenvalue weighted by Gasteiger charge is -2.11. The number of aliphatic hydroxyl groups is 1. The van der Waals surface area contributed by atoms with E-state index < -0.39 is 6.10 Å². The van der Waals surface area contributed by atoms with Crippen LogP contribution in [0.3, 0.4) is 0 Å². The van der Waals surface area contributed by atoms with E-state index in [1.54, 1.807) is 18.2 Å². The van der Waals surface area contributed by atoms with Crippen LogP contribution in [0.25, 0.3) is 11.3 Å². The molecule has 1 aromatic carbocycles. The Morgan fingerprint density at radius 2 is 2.12 bits per heavy atom. The molecule has 0 radical (unpaired) electrons. The summed E-state index contributed by atoms with van der Waals surface area (Å²) in [5.41, 5.74) is 0.728. The topological polar surface area (TPSA) is 71.7 Å². The Balaban J connectivity index is 1.49. The summed E-state index contributed by atoms with van der Waals surface area (Å²) in [5.74, 6) is 0.975. The van der Waals surface area contributed by atoms with Crippen molar-refractivity contribution in [1.29, 1.82) is 0 Å². The van der Waals surface area contributed by atoms with Crippen molar-refractivity contribution in [3.63, 3.8) is 0 Å². The van der Waals surface area contributed by atoms with Gasteiger partial charge in [-0.1, -0.05) is 23.7 Å². The maximum atomic E-state index is 12.1. The van der Waals surface area contributed by atoms with E-state index in [1.165, 1.54) is 12.8 Å². The summed E-state index contributed by atoms with van der Waals surface area (Å²) >= 11 is 6.12. The number of carbonyl (C=O) groups excluding carboxylic acids is 1. The minimum atomic E-state index is -0.731. The van der Waals surface area contributed by atoms with Gasteiger partial charge in [0.1, 0.15) is 5.76 Å². The summed E-state index contributed by atoms with van der Waals surface area (Å²) in [6.07, 6.45) is 1.68. The number of amides is 1. The first-order chi connectivity index (χ1) is 11.6. The van der Waals surface area contributed by atoms with Crippen LogP contribution >= 0.6 is 11.6 Å². The average Bonchev–Trinajstić information content (AvgIpc) is 3.27. The van der Waals surface area contributed by atoms with Crippen molar-refractivity contribution >= 4 is 17.5 Å². The number of ether oxygens (including phenoxy) is 1. The zero-order valence-electron chi connectivity index (χ0n) is 13.2. The molecule has 5 nitrogen and oxygen atoms in total. The predicted octanol–water partition coefficient (Wildman–Crippen LogP) is 3.12. The van der Waals surface area contributed by atoms with Gasteiger partial charge in [-0.25, -0.2) is 0 Å². The maximum Gasteiger partial charge on any atom is 0.287 e. The molecule has 1 fully saturated rings. The summed E-state index contributed by atoms with van der Waals surface area (Å²) in [7, 11) is 0. The molecule has 1 amide bonds. The van der Waals surface area contributed by atoms with Gasteiger partial charge >= 0.3 is 0 Å². The van der Waals surface area contributed by atoms with Crippen molar-refractivity contribution in [1.82, 2.24) is 5.32 Å². The number of rotatable bonds is 8. The first-order valence-corrected chi connectivity index (χ1v) is 8.40. The van der Waals surface area contributed by atoms with Crippen LogP contribution in [0.5, 0.6) is 0 Å². The molecule has 0 spiro atoms.